The predicted octanol–water partition coefficient (Wildman–Crippen LogP) is 1.75. The molecule has 0 atom stereocenters. The highest BCUT2D eigenvalue weighted by atomic mass is 32.2. The van der Waals surface area contributed by atoms with Gasteiger partial charge >= 0.3 is 0 Å². The molecular formula is C14H15NO3S. The summed E-state index contributed by atoms with van der Waals surface area (Å²) in [6.07, 6.45) is 0. The van der Waals surface area contributed by atoms with Crippen molar-refractivity contribution in [3.8, 4) is 11.1 Å². The van der Waals surface area contributed by atoms with Gasteiger partial charge in [-0.15, -0.1) is 0 Å². The molecule has 2 N–H and O–H groups in total. The molecule has 0 aromatic heterocycles. The first-order valence-electron chi connectivity index (χ1n) is 5.80. The van der Waals surface area contributed by atoms with Crippen LogP contribution in [-0.4, -0.2) is 20.6 Å². The lowest BCUT2D eigenvalue weighted by Gasteiger charge is -2.05. The van der Waals surface area contributed by atoms with Crippen LogP contribution in [0.4, 0.5) is 0 Å². The van der Waals surface area contributed by atoms with Crippen LogP contribution in [0.25, 0.3) is 11.1 Å². The molecule has 0 amide bonds. The van der Waals surface area contributed by atoms with Crippen molar-refractivity contribution in [3.05, 3.63) is 54.1 Å². The molecule has 0 bridgehead atoms. The van der Waals surface area contributed by atoms with Gasteiger partial charge in [-0.25, -0.2) is 13.1 Å². The molecule has 0 fully saturated rings. The Bertz CT molecular complexity index is 646. The monoisotopic (exact) mass is 277 g/mol. The standard InChI is InChI=1S/C14H15NO3S/c1-15-19(17,18)14-8-6-13(7-9-14)12-4-2-11(10-16)3-5-12/h2-9,15-16H,10H2,1H3. The second-order valence-corrected chi connectivity index (χ2v) is 5.97. The van der Waals surface area contributed by atoms with Gasteiger partial charge in [0.1, 0.15) is 0 Å². The van der Waals surface area contributed by atoms with Gasteiger partial charge < -0.3 is 5.11 Å². The average molecular weight is 277 g/mol. The SMILES string of the molecule is CNS(=O)(=O)c1ccc(-c2ccc(CO)cc2)cc1. The van der Waals surface area contributed by atoms with Crippen molar-refractivity contribution < 1.29 is 13.5 Å². The Labute approximate surface area is 112 Å². The first-order valence-corrected chi connectivity index (χ1v) is 7.29. The van der Waals surface area contributed by atoms with Crippen LogP contribution in [0.3, 0.4) is 0 Å². The van der Waals surface area contributed by atoms with Crippen LogP contribution in [-0.2, 0) is 16.6 Å². The van der Waals surface area contributed by atoms with E-state index in [1.54, 1.807) is 24.3 Å². The molecule has 0 saturated carbocycles. The van der Waals surface area contributed by atoms with Crippen molar-refractivity contribution in [1.82, 2.24) is 4.72 Å². The summed E-state index contributed by atoms with van der Waals surface area (Å²) >= 11 is 0. The summed E-state index contributed by atoms with van der Waals surface area (Å²) in [7, 11) is -2.01. The topological polar surface area (TPSA) is 66.4 Å². The molecule has 0 radical (unpaired) electrons. The van der Waals surface area contributed by atoms with Crippen LogP contribution in [0, 0.1) is 0 Å². The predicted molar refractivity (Wildman–Crippen MR) is 74.0 cm³/mol. The third-order valence-corrected chi connectivity index (χ3v) is 4.33. The summed E-state index contributed by atoms with van der Waals surface area (Å²) in [5, 5.41) is 8.98. The van der Waals surface area contributed by atoms with E-state index in [2.05, 4.69) is 4.72 Å². The van der Waals surface area contributed by atoms with Gasteiger partial charge in [-0.3, -0.25) is 0 Å². The molecule has 0 unspecified atom stereocenters. The summed E-state index contributed by atoms with van der Waals surface area (Å²) in [4.78, 5) is 0.241. The number of aliphatic hydroxyl groups excluding tert-OH is 1. The summed E-state index contributed by atoms with van der Waals surface area (Å²) < 4.78 is 25.5. The summed E-state index contributed by atoms with van der Waals surface area (Å²) in [6.45, 7) is 0.0135. The average Bonchev–Trinajstić information content (AvgIpc) is 2.47. The number of benzene rings is 2. The van der Waals surface area contributed by atoms with Crippen molar-refractivity contribution >= 4 is 10.0 Å². The van der Waals surface area contributed by atoms with E-state index in [1.165, 1.54) is 7.05 Å². The van der Waals surface area contributed by atoms with Gasteiger partial charge in [-0.1, -0.05) is 36.4 Å². The lowest BCUT2D eigenvalue weighted by molar-refractivity contribution is 0.282. The minimum absolute atomic E-state index is 0.0135. The molecule has 0 aliphatic heterocycles. The molecule has 0 heterocycles. The molecule has 100 valence electrons. The summed E-state index contributed by atoms with van der Waals surface area (Å²) in [5.41, 5.74) is 2.75. The molecule has 0 spiro atoms. The second kappa shape index (κ2) is 5.52. The Balaban J connectivity index is 2.32. The number of hydrogen-bond donors (Lipinski definition) is 2. The van der Waals surface area contributed by atoms with E-state index >= 15 is 0 Å². The van der Waals surface area contributed by atoms with Gasteiger partial charge in [0.2, 0.25) is 10.0 Å². The summed E-state index contributed by atoms with van der Waals surface area (Å²) in [5.74, 6) is 0. The first kappa shape index (κ1) is 13.7. The maximum atomic E-state index is 11.6. The Morgan fingerprint density at radius 1 is 0.947 bits per heavy atom. The first-order chi connectivity index (χ1) is 9.06. The molecule has 2 aromatic rings. The van der Waals surface area contributed by atoms with E-state index in [-0.39, 0.29) is 11.5 Å². The molecular weight excluding hydrogens is 262 g/mol. The molecule has 0 aliphatic rings. The third-order valence-electron chi connectivity index (χ3n) is 2.90. The van der Waals surface area contributed by atoms with E-state index in [9.17, 15) is 8.42 Å². The Kier molecular flexibility index (Phi) is 3.99. The minimum Gasteiger partial charge on any atom is -0.392 e. The molecule has 2 aromatic carbocycles. The lowest BCUT2D eigenvalue weighted by Crippen LogP contribution is -2.18. The molecule has 0 saturated heterocycles. The smallest absolute Gasteiger partial charge is 0.240 e. The van der Waals surface area contributed by atoms with Crippen LogP contribution >= 0.6 is 0 Å². The van der Waals surface area contributed by atoms with Crippen LogP contribution in [0.5, 0.6) is 0 Å². The minimum atomic E-state index is -3.39. The van der Waals surface area contributed by atoms with Crippen LogP contribution in [0.2, 0.25) is 0 Å². The van der Waals surface area contributed by atoms with Gasteiger partial charge in [0.15, 0.2) is 0 Å². The van der Waals surface area contributed by atoms with Crippen molar-refractivity contribution in [2.45, 2.75) is 11.5 Å². The largest absolute Gasteiger partial charge is 0.392 e. The van der Waals surface area contributed by atoms with E-state index in [0.717, 1.165) is 16.7 Å². The molecule has 19 heavy (non-hydrogen) atoms. The number of sulfonamides is 1. The van der Waals surface area contributed by atoms with E-state index in [0.29, 0.717) is 0 Å². The fourth-order valence-corrected chi connectivity index (χ4v) is 2.48. The zero-order valence-electron chi connectivity index (χ0n) is 10.5. The Hall–Kier alpha value is -1.69. The van der Waals surface area contributed by atoms with Gasteiger partial charge in [-0.2, -0.15) is 0 Å². The zero-order valence-corrected chi connectivity index (χ0v) is 11.3. The van der Waals surface area contributed by atoms with E-state index < -0.39 is 10.0 Å². The van der Waals surface area contributed by atoms with Gasteiger partial charge in [0.25, 0.3) is 0 Å². The number of nitrogens with one attached hydrogen (secondary N) is 1. The zero-order chi connectivity index (χ0) is 13.9. The Morgan fingerprint density at radius 2 is 1.42 bits per heavy atom. The highest BCUT2D eigenvalue weighted by molar-refractivity contribution is 7.89. The fraction of sp³-hybridized carbons (Fsp3) is 0.143. The van der Waals surface area contributed by atoms with Gasteiger partial charge in [0.05, 0.1) is 11.5 Å². The highest BCUT2D eigenvalue weighted by Gasteiger charge is 2.10. The van der Waals surface area contributed by atoms with Crippen molar-refractivity contribution in [1.29, 1.82) is 0 Å². The maximum absolute atomic E-state index is 11.6. The van der Waals surface area contributed by atoms with Crippen LogP contribution in [0.15, 0.2) is 53.4 Å². The molecule has 2 rings (SSSR count). The quantitative estimate of drug-likeness (QED) is 0.895. The Morgan fingerprint density at radius 3 is 1.84 bits per heavy atom. The summed E-state index contributed by atoms with van der Waals surface area (Å²) in [6, 6.07) is 14.1. The van der Waals surface area contributed by atoms with Crippen molar-refractivity contribution in [3.63, 3.8) is 0 Å². The van der Waals surface area contributed by atoms with Crippen molar-refractivity contribution in [2.24, 2.45) is 0 Å². The van der Waals surface area contributed by atoms with E-state index in [4.69, 9.17) is 5.11 Å². The third kappa shape index (κ3) is 3.01. The normalized spacial score (nSPS) is 11.5. The van der Waals surface area contributed by atoms with Gasteiger partial charge in [0, 0.05) is 0 Å². The second-order valence-electron chi connectivity index (χ2n) is 4.09. The van der Waals surface area contributed by atoms with Gasteiger partial charge in [-0.05, 0) is 35.9 Å². The maximum Gasteiger partial charge on any atom is 0.240 e. The van der Waals surface area contributed by atoms with E-state index in [1.807, 2.05) is 24.3 Å². The molecule has 0 aliphatic carbocycles. The van der Waals surface area contributed by atoms with Crippen molar-refractivity contribution in [2.75, 3.05) is 7.05 Å². The van der Waals surface area contributed by atoms with Crippen LogP contribution in [0.1, 0.15) is 5.56 Å². The lowest BCUT2D eigenvalue weighted by atomic mass is 10.0. The number of rotatable bonds is 4. The number of hydrogen-bond acceptors (Lipinski definition) is 3. The molecule has 5 heteroatoms. The fourth-order valence-electron chi connectivity index (χ4n) is 1.75. The van der Waals surface area contributed by atoms with Crippen LogP contribution < -0.4 is 4.72 Å². The molecule has 4 nitrogen and oxygen atoms in total. The highest BCUT2D eigenvalue weighted by Crippen LogP contribution is 2.21. The number of aliphatic hydroxyl groups is 1.